The van der Waals surface area contributed by atoms with Gasteiger partial charge in [-0.05, 0) is 44.7 Å². The van der Waals surface area contributed by atoms with Crippen LogP contribution in [-0.2, 0) is 4.79 Å². The molecule has 0 heterocycles. The molecule has 1 aliphatic rings. The van der Waals surface area contributed by atoms with Crippen molar-refractivity contribution in [3.8, 4) is 5.75 Å². The zero-order valence-electron chi connectivity index (χ0n) is 11.4. The van der Waals surface area contributed by atoms with E-state index in [1.807, 2.05) is 43.9 Å². The molecule has 0 aliphatic heterocycles. The highest BCUT2D eigenvalue weighted by Crippen LogP contribution is 2.27. The Hall–Kier alpha value is -1.51. The van der Waals surface area contributed by atoms with Crippen LogP contribution < -0.4 is 4.74 Å². The summed E-state index contributed by atoms with van der Waals surface area (Å²) in [5.74, 6) is 0.945. The number of ether oxygens (including phenoxy) is 1. The molecule has 1 aliphatic carbocycles. The van der Waals surface area contributed by atoms with Gasteiger partial charge in [-0.1, -0.05) is 18.2 Å². The Labute approximate surface area is 109 Å². The lowest BCUT2D eigenvalue weighted by Crippen LogP contribution is -2.36. The number of carbonyl (C=O) groups is 1. The van der Waals surface area contributed by atoms with Crippen LogP contribution in [0.25, 0.3) is 0 Å². The van der Waals surface area contributed by atoms with E-state index >= 15 is 0 Å². The molecule has 1 aromatic rings. The number of carbonyl (C=O) groups excluding carboxylic acids is 1. The Morgan fingerprint density at radius 3 is 2.44 bits per heavy atom. The van der Waals surface area contributed by atoms with Gasteiger partial charge in [0, 0.05) is 12.6 Å². The van der Waals surface area contributed by atoms with Crippen molar-refractivity contribution in [2.75, 3.05) is 13.2 Å². The van der Waals surface area contributed by atoms with E-state index in [-0.39, 0.29) is 12.5 Å². The Morgan fingerprint density at radius 2 is 1.94 bits per heavy atom. The molecule has 0 atom stereocenters. The topological polar surface area (TPSA) is 29.5 Å². The summed E-state index contributed by atoms with van der Waals surface area (Å²) in [7, 11) is 0. The molecular weight excluding hydrogens is 226 g/mol. The van der Waals surface area contributed by atoms with Gasteiger partial charge < -0.3 is 9.64 Å². The number of amides is 1. The Bertz CT molecular complexity index is 418. The summed E-state index contributed by atoms with van der Waals surface area (Å²) >= 11 is 0. The Morgan fingerprint density at radius 1 is 1.33 bits per heavy atom. The molecule has 0 N–H and O–H groups in total. The maximum Gasteiger partial charge on any atom is 0.260 e. The minimum Gasteiger partial charge on any atom is -0.483 e. The zero-order valence-corrected chi connectivity index (χ0v) is 11.4. The summed E-state index contributed by atoms with van der Waals surface area (Å²) in [6.07, 6.45) is 2.28. The molecule has 1 fully saturated rings. The van der Waals surface area contributed by atoms with Crippen molar-refractivity contribution in [1.82, 2.24) is 4.90 Å². The number of rotatable bonds is 5. The first kappa shape index (κ1) is 12.9. The van der Waals surface area contributed by atoms with Crippen molar-refractivity contribution in [2.24, 2.45) is 0 Å². The highest BCUT2D eigenvalue weighted by molar-refractivity contribution is 5.78. The number of para-hydroxylation sites is 1. The largest absolute Gasteiger partial charge is 0.483 e. The standard InChI is InChI=1S/C15H21NO2/c1-4-16(13-8-9-13)14(17)10-18-15-11(2)6-5-7-12(15)3/h5-7,13H,4,8-10H2,1-3H3. The summed E-state index contributed by atoms with van der Waals surface area (Å²) < 4.78 is 5.70. The minimum absolute atomic E-state index is 0.0997. The third kappa shape index (κ3) is 2.84. The van der Waals surface area contributed by atoms with Gasteiger partial charge in [0.2, 0.25) is 0 Å². The summed E-state index contributed by atoms with van der Waals surface area (Å²) in [4.78, 5) is 14.0. The minimum atomic E-state index is 0.0997. The molecule has 2 rings (SSSR count). The first-order valence-electron chi connectivity index (χ1n) is 6.62. The third-order valence-electron chi connectivity index (χ3n) is 3.40. The smallest absolute Gasteiger partial charge is 0.260 e. The van der Waals surface area contributed by atoms with Gasteiger partial charge in [-0.15, -0.1) is 0 Å². The van der Waals surface area contributed by atoms with Gasteiger partial charge in [-0.25, -0.2) is 0 Å². The van der Waals surface area contributed by atoms with Crippen LogP contribution in [0.4, 0.5) is 0 Å². The lowest BCUT2D eigenvalue weighted by atomic mass is 10.1. The summed E-state index contributed by atoms with van der Waals surface area (Å²) in [5.41, 5.74) is 2.16. The maximum atomic E-state index is 12.1. The molecule has 3 heteroatoms. The molecule has 0 radical (unpaired) electrons. The van der Waals surface area contributed by atoms with E-state index in [9.17, 15) is 4.79 Å². The van der Waals surface area contributed by atoms with Gasteiger partial charge in [0.15, 0.2) is 6.61 Å². The molecule has 0 bridgehead atoms. The Balaban J connectivity index is 1.96. The Kier molecular flexibility index (Phi) is 3.90. The molecule has 3 nitrogen and oxygen atoms in total. The number of likely N-dealkylation sites (N-methyl/N-ethyl adjacent to an activating group) is 1. The van der Waals surface area contributed by atoms with E-state index in [1.54, 1.807) is 0 Å². The first-order chi connectivity index (χ1) is 8.63. The molecule has 18 heavy (non-hydrogen) atoms. The van der Waals surface area contributed by atoms with Crippen molar-refractivity contribution in [2.45, 2.75) is 39.7 Å². The number of benzene rings is 1. The summed E-state index contributed by atoms with van der Waals surface area (Å²) in [5, 5.41) is 0. The van der Waals surface area contributed by atoms with Crippen LogP contribution in [0.2, 0.25) is 0 Å². The van der Waals surface area contributed by atoms with E-state index in [4.69, 9.17) is 4.74 Å². The second-order valence-corrected chi connectivity index (χ2v) is 4.92. The van der Waals surface area contributed by atoms with Gasteiger partial charge >= 0.3 is 0 Å². The van der Waals surface area contributed by atoms with Crippen molar-refractivity contribution in [3.63, 3.8) is 0 Å². The van der Waals surface area contributed by atoms with Crippen molar-refractivity contribution in [3.05, 3.63) is 29.3 Å². The zero-order chi connectivity index (χ0) is 13.1. The van der Waals surface area contributed by atoms with E-state index in [1.165, 1.54) is 0 Å². The highest BCUT2D eigenvalue weighted by atomic mass is 16.5. The average Bonchev–Trinajstić information content (AvgIpc) is 3.14. The van der Waals surface area contributed by atoms with Crippen LogP contribution in [-0.4, -0.2) is 30.0 Å². The number of nitrogens with zero attached hydrogens (tertiary/aromatic N) is 1. The number of hydrogen-bond acceptors (Lipinski definition) is 2. The normalized spacial score (nSPS) is 14.4. The third-order valence-corrected chi connectivity index (χ3v) is 3.40. The fourth-order valence-corrected chi connectivity index (χ4v) is 2.27. The van der Waals surface area contributed by atoms with Crippen molar-refractivity contribution < 1.29 is 9.53 Å². The quantitative estimate of drug-likeness (QED) is 0.800. The monoisotopic (exact) mass is 247 g/mol. The summed E-state index contributed by atoms with van der Waals surface area (Å²) in [6, 6.07) is 6.47. The second-order valence-electron chi connectivity index (χ2n) is 4.92. The highest BCUT2D eigenvalue weighted by Gasteiger charge is 2.31. The van der Waals surface area contributed by atoms with Crippen LogP contribution in [0.1, 0.15) is 30.9 Å². The van der Waals surface area contributed by atoms with Crippen LogP contribution in [0.5, 0.6) is 5.75 Å². The molecule has 0 saturated heterocycles. The average molecular weight is 247 g/mol. The van der Waals surface area contributed by atoms with Crippen molar-refractivity contribution >= 4 is 5.91 Å². The molecule has 98 valence electrons. The van der Waals surface area contributed by atoms with E-state index in [0.29, 0.717) is 6.04 Å². The van der Waals surface area contributed by atoms with Gasteiger partial charge in [0.1, 0.15) is 5.75 Å². The number of aryl methyl sites for hydroxylation is 2. The second kappa shape index (κ2) is 5.42. The van der Waals surface area contributed by atoms with Gasteiger partial charge in [0.25, 0.3) is 5.91 Å². The fraction of sp³-hybridized carbons (Fsp3) is 0.533. The maximum absolute atomic E-state index is 12.1. The SMILES string of the molecule is CCN(C(=O)COc1c(C)cccc1C)C1CC1. The van der Waals surface area contributed by atoms with Crippen LogP contribution in [0.15, 0.2) is 18.2 Å². The molecule has 1 amide bonds. The van der Waals surface area contributed by atoms with Crippen molar-refractivity contribution in [1.29, 1.82) is 0 Å². The van der Waals surface area contributed by atoms with E-state index in [2.05, 4.69) is 0 Å². The molecule has 0 aromatic heterocycles. The van der Waals surface area contributed by atoms with Gasteiger partial charge in [-0.2, -0.15) is 0 Å². The predicted octanol–water partition coefficient (Wildman–Crippen LogP) is 2.69. The lowest BCUT2D eigenvalue weighted by Gasteiger charge is -2.21. The molecular formula is C15H21NO2. The van der Waals surface area contributed by atoms with Crippen LogP contribution >= 0.6 is 0 Å². The summed E-state index contributed by atoms with van der Waals surface area (Å²) in [6.45, 7) is 6.96. The van der Waals surface area contributed by atoms with Crippen LogP contribution in [0, 0.1) is 13.8 Å². The molecule has 1 aromatic carbocycles. The molecule has 0 spiro atoms. The molecule has 0 unspecified atom stereocenters. The molecule has 1 saturated carbocycles. The first-order valence-corrected chi connectivity index (χ1v) is 6.62. The van der Waals surface area contributed by atoms with E-state index < -0.39 is 0 Å². The fourth-order valence-electron chi connectivity index (χ4n) is 2.27. The lowest BCUT2D eigenvalue weighted by molar-refractivity contribution is -0.133. The van der Waals surface area contributed by atoms with Crippen LogP contribution in [0.3, 0.4) is 0 Å². The van der Waals surface area contributed by atoms with Gasteiger partial charge in [0.05, 0.1) is 0 Å². The predicted molar refractivity (Wildman–Crippen MR) is 71.8 cm³/mol. The number of hydrogen-bond donors (Lipinski definition) is 0. The van der Waals surface area contributed by atoms with E-state index in [0.717, 1.165) is 36.3 Å². The van der Waals surface area contributed by atoms with Gasteiger partial charge in [-0.3, -0.25) is 4.79 Å².